The second kappa shape index (κ2) is 4.64. The summed E-state index contributed by atoms with van der Waals surface area (Å²) in [4.78, 5) is 37.7. The van der Waals surface area contributed by atoms with Crippen LogP contribution in [0.4, 0.5) is 5.69 Å². The highest BCUT2D eigenvalue weighted by Gasteiger charge is 2.40. The number of hydrogen-bond acceptors (Lipinski definition) is 3. The highest BCUT2D eigenvalue weighted by atomic mass is 79.9. The van der Waals surface area contributed by atoms with E-state index in [4.69, 9.17) is 0 Å². The summed E-state index contributed by atoms with van der Waals surface area (Å²) in [5.41, 5.74) is 1.33. The number of nitrogens with one attached hydrogen (secondary N) is 1. The van der Waals surface area contributed by atoms with Crippen LogP contribution < -0.4 is 10.2 Å². The molecule has 22 heavy (non-hydrogen) atoms. The van der Waals surface area contributed by atoms with Crippen molar-refractivity contribution in [1.82, 2.24) is 5.32 Å². The first kappa shape index (κ1) is 13.5. The van der Waals surface area contributed by atoms with E-state index in [-0.39, 0.29) is 18.2 Å². The summed E-state index contributed by atoms with van der Waals surface area (Å²) >= 11 is 3.49. The van der Waals surface area contributed by atoms with Gasteiger partial charge in [0, 0.05) is 21.8 Å². The Hall–Kier alpha value is -2.21. The first-order valence-electron chi connectivity index (χ1n) is 6.96. The molecule has 4 rings (SSSR count). The van der Waals surface area contributed by atoms with Crippen LogP contribution in [0.25, 0.3) is 10.8 Å². The van der Waals surface area contributed by atoms with Crippen molar-refractivity contribution in [2.45, 2.75) is 18.9 Å². The molecule has 1 N–H and O–H groups in total. The summed E-state index contributed by atoms with van der Waals surface area (Å²) in [5.74, 6) is -0.881. The molecule has 0 aliphatic carbocycles. The molecule has 1 atom stereocenters. The molecule has 0 bridgehead atoms. The van der Waals surface area contributed by atoms with Gasteiger partial charge in [0.15, 0.2) is 0 Å². The van der Waals surface area contributed by atoms with Crippen LogP contribution in [0.5, 0.6) is 0 Å². The van der Waals surface area contributed by atoms with E-state index in [9.17, 15) is 14.4 Å². The molecule has 0 spiro atoms. The number of anilines is 1. The lowest BCUT2D eigenvalue weighted by atomic mass is 10.0. The van der Waals surface area contributed by atoms with Gasteiger partial charge in [0.25, 0.3) is 5.91 Å². The van der Waals surface area contributed by atoms with Crippen molar-refractivity contribution in [3.63, 3.8) is 0 Å². The average molecular weight is 359 g/mol. The fourth-order valence-corrected chi connectivity index (χ4v) is 3.67. The number of rotatable bonds is 1. The molecule has 3 amide bonds. The van der Waals surface area contributed by atoms with Crippen LogP contribution in [0.1, 0.15) is 23.2 Å². The quantitative estimate of drug-likeness (QED) is 0.795. The van der Waals surface area contributed by atoms with Gasteiger partial charge in [-0.15, -0.1) is 0 Å². The first-order chi connectivity index (χ1) is 10.6. The molecule has 1 fully saturated rings. The first-order valence-corrected chi connectivity index (χ1v) is 7.75. The lowest BCUT2D eigenvalue weighted by molar-refractivity contribution is -0.134. The average Bonchev–Trinajstić information content (AvgIpc) is 2.77. The molecule has 2 aliphatic heterocycles. The Kier molecular flexibility index (Phi) is 2.84. The van der Waals surface area contributed by atoms with Gasteiger partial charge in [-0.3, -0.25) is 24.6 Å². The molecular formula is C16H11BrN2O3. The van der Waals surface area contributed by atoms with Crippen LogP contribution in [-0.2, 0) is 9.59 Å². The van der Waals surface area contributed by atoms with Crippen molar-refractivity contribution in [3.8, 4) is 0 Å². The largest absolute Gasteiger partial charge is 0.295 e. The van der Waals surface area contributed by atoms with Crippen molar-refractivity contribution >= 4 is 50.1 Å². The predicted molar refractivity (Wildman–Crippen MR) is 84.6 cm³/mol. The van der Waals surface area contributed by atoms with Crippen molar-refractivity contribution in [2.24, 2.45) is 0 Å². The predicted octanol–water partition coefficient (Wildman–Crippen LogP) is 2.37. The smallest absolute Gasteiger partial charge is 0.259 e. The summed E-state index contributed by atoms with van der Waals surface area (Å²) in [6.07, 6.45) is 0.595. The van der Waals surface area contributed by atoms with Gasteiger partial charge in [0.2, 0.25) is 11.8 Å². The standard InChI is InChI=1S/C16H11BrN2O3/c17-10-5-4-9-14-8(10)2-1-3-11(14)19(16(9)22)12-6-7-13(20)18-15(12)21/h1-5,12H,6-7H2,(H,18,20,21). The van der Waals surface area contributed by atoms with Crippen LogP contribution in [0.15, 0.2) is 34.8 Å². The zero-order valence-corrected chi connectivity index (χ0v) is 13.0. The fourth-order valence-electron chi connectivity index (χ4n) is 3.21. The van der Waals surface area contributed by atoms with Gasteiger partial charge >= 0.3 is 0 Å². The molecule has 2 aliphatic rings. The Morgan fingerprint density at radius 2 is 1.95 bits per heavy atom. The van der Waals surface area contributed by atoms with Gasteiger partial charge in [-0.05, 0) is 30.0 Å². The van der Waals surface area contributed by atoms with Gasteiger partial charge in [-0.2, -0.15) is 0 Å². The zero-order valence-electron chi connectivity index (χ0n) is 11.4. The van der Waals surface area contributed by atoms with Crippen LogP contribution in [0, 0.1) is 0 Å². The molecule has 1 unspecified atom stereocenters. The monoisotopic (exact) mass is 358 g/mol. The van der Waals surface area contributed by atoms with Gasteiger partial charge < -0.3 is 0 Å². The van der Waals surface area contributed by atoms with Crippen LogP contribution in [0.2, 0.25) is 0 Å². The van der Waals surface area contributed by atoms with E-state index in [0.717, 1.165) is 20.9 Å². The van der Waals surface area contributed by atoms with Gasteiger partial charge in [-0.25, -0.2) is 0 Å². The molecule has 110 valence electrons. The number of nitrogens with zero attached hydrogens (tertiary/aromatic N) is 1. The van der Waals surface area contributed by atoms with Gasteiger partial charge in [0.1, 0.15) is 6.04 Å². The highest BCUT2D eigenvalue weighted by molar-refractivity contribution is 9.10. The van der Waals surface area contributed by atoms with Gasteiger partial charge in [-0.1, -0.05) is 28.1 Å². The Labute approximate surface area is 134 Å². The molecule has 6 heteroatoms. The van der Waals surface area contributed by atoms with E-state index in [1.54, 1.807) is 6.07 Å². The number of halogens is 1. The van der Waals surface area contributed by atoms with E-state index in [0.29, 0.717) is 12.0 Å². The minimum absolute atomic E-state index is 0.187. The molecule has 2 aromatic rings. The third kappa shape index (κ3) is 1.73. The molecule has 0 saturated carbocycles. The number of carbonyl (C=O) groups excluding carboxylic acids is 3. The Morgan fingerprint density at radius 1 is 1.14 bits per heavy atom. The second-order valence-electron chi connectivity index (χ2n) is 5.44. The third-order valence-corrected chi connectivity index (χ3v) is 4.89. The lowest BCUT2D eigenvalue weighted by Gasteiger charge is -2.30. The van der Waals surface area contributed by atoms with Crippen LogP contribution >= 0.6 is 15.9 Å². The van der Waals surface area contributed by atoms with Crippen molar-refractivity contribution < 1.29 is 14.4 Å². The van der Waals surface area contributed by atoms with E-state index in [1.165, 1.54) is 4.90 Å². The molecule has 5 nitrogen and oxygen atoms in total. The second-order valence-corrected chi connectivity index (χ2v) is 6.29. The van der Waals surface area contributed by atoms with E-state index >= 15 is 0 Å². The number of hydrogen-bond donors (Lipinski definition) is 1. The SMILES string of the molecule is O=C1CCC(N2C(=O)c3ccc(Br)c4cccc2c34)C(=O)N1. The number of carbonyl (C=O) groups is 3. The Balaban J connectivity index is 1.89. The maximum Gasteiger partial charge on any atom is 0.259 e. The maximum atomic E-state index is 12.8. The van der Waals surface area contributed by atoms with E-state index in [1.807, 2.05) is 24.3 Å². The topological polar surface area (TPSA) is 66.5 Å². The number of benzene rings is 2. The number of imide groups is 1. The number of piperidine rings is 1. The van der Waals surface area contributed by atoms with Crippen molar-refractivity contribution in [2.75, 3.05) is 4.90 Å². The molecule has 2 heterocycles. The minimum Gasteiger partial charge on any atom is -0.295 e. The molecule has 0 aromatic heterocycles. The third-order valence-electron chi connectivity index (χ3n) is 4.20. The summed E-state index contributed by atoms with van der Waals surface area (Å²) in [6.45, 7) is 0. The van der Waals surface area contributed by atoms with Gasteiger partial charge in [0.05, 0.1) is 5.69 Å². The van der Waals surface area contributed by atoms with Crippen LogP contribution in [0.3, 0.4) is 0 Å². The Morgan fingerprint density at radius 3 is 2.73 bits per heavy atom. The van der Waals surface area contributed by atoms with Crippen molar-refractivity contribution in [1.29, 1.82) is 0 Å². The molecule has 1 saturated heterocycles. The zero-order chi connectivity index (χ0) is 15.4. The fraction of sp³-hybridized carbons (Fsp3) is 0.188. The minimum atomic E-state index is -0.637. The van der Waals surface area contributed by atoms with E-state index < -0.39 is 11.9 Å². The Bertz CT molecular complexity index is 862. The molecule has 2 aromatic carbocycles. The lowest BCUT2D eigenvalue weighted by Crippen LogP contribution is -2.53. The van der Waals surface area contributed by atoms with Crippen LogP contribution in [-0.4, -0.2) is 23.8 Å². The summed E-state index contributed by atoms with van der Waals surface area (Å²) in [7, 11) is 0. The summed E-state index contributed by atoms with van der Waals surface area (Å²) in [6, 6.07) is 8.61. The number of amides is 3. The maximum absolute atomic E-state index is 12.8. The highest BCUT2D eigenvalue weighted by Crippen LogP contribution is 2.41. The summed E-state index contributed by atoms with van der Waals surface area (Å²) < 4.78 is 0.908. The normalized spacial score (nSPS) is 20.7. The van der Waals surface area contributed by atoms with E-state index in [2.05, 4.69) is 21.2 Å². The molecular weight excluding hydrogens is 348 g/mol. The summed E-state index contributed by atoms with van der Waals surface area (Å²) in [5, 5.41) is 4.11. The molecule has 0 radical (unpaired) electrons. The van der Waals surface area contributed by atoms with Crippen molar-refractivity contribution in [3.05, 3.63) is 40.4 Å².